The van der Waals surface area contributed by atoms with Crippen LogP contribution in [0.5, 0.6) is 11.5 Å². The lowest BCUT2D eigenvalue weighted by Crippen LogP contribution is -2.85. The van der Waals surface area contributed by atoms with Gasteiger partial charge in [0.25, 0.3) is 11.3 Å². The second-order valence-corrected chi connectivity index (χ2v) is 23.5. The van der Waals surface area contributed by atoms with Gasteiger partial charge in [-0.2, -0.15) is 0 Å². The Morgan fingerprint density at radius 1 is 0.600 bits per heavy atom. The number of benzene rings is 4. The van der Waals surface area contributed by atoms with Gasteiger partial charge in [0.2, 0.25) is 0 Å². The molecule has 6 nitrogen and oxygen atoms in total. The third-order valence-corrected chi connectivity index (χ3v) is 19.7. The Hall–Kier alpha value is -4.09. The maximum absolute atomic E-state index is 6.43. The number of nitrogens with one attached hydrogen (secondary N) is 2. The van der Waals surface area contributed by atoms with E-state index in [1.54, 1.807) is 10.4 Å². The zero-order valence-corrected chi connectivity index (χ0v) is 27.7. The van der Waals surface area contributed by atoms with Crippen molar-refractivity contribution in [2.75, 3.05) is 13.5 Å². The Morgan fingerprint density at radius 2 is 1.07 bits per heavy atom. The van der Waals surface area contributed by atoms with Crippen molar-refractivity contribution < 1.29 is 18.6 Å². The number of rotatable bonds is 0. The second kappa shape index (κ2) is 7.00. The molecular weight excluding hydrogens is 589 g/mol. The van der Waals surface area contributed by atoms with Crippen LogP contribution in [0.15, 0.2) is 79.1 Å². The number of ether oxygens (including phenoxy) is 2. The van der Waals surface area contributed by atoms with Gasteiger partial charge < -0.3 is 9.47 Å². The smallest absolute Gasteiger partial charge is 0.434 e. The van der Waals surface area contributed by atoms with Crippen LogP contribution in [0.2, 0.25) is 26.2 Å². The molecule has 7 aliphatic rings. The molecule has 2 spiro atoms. The fraction of sp³-hybridized carbons (Fsp3) is 0.243. The summed E-state index contributed by atoms with van der Waals surface area (Å²) in [5.74, 6) is 3.50. The molecule has 0 saturated carbocycles. The van der Waals surface area contributed by atoms with Crippen LogP contribution in [0.4, 0.5) is 0 Å². The van der Waals surface area contributed by atoms with Gasteiger partial charge in [0.15, 0.2) is 18.3 Å². The third kappa shape index (κ3) is 2.19. The Bertz CT molecular complexity index is 2180. The molecular formula is C37H32N4O2Si2+2. The minimum atomic E-state index is -2.07. The number of hydrogen-bond acceptors (Lipinski definition) is 4. The van der Waals surface area contributed by atoms with E-state index in [4.69, 9.17) is 9.47 Å². The van der Waals surface area contributed by atoms with Gasteiger partial charge in [-0.15, -0.1) is 9.13 Å². The Balaban J connectivity index is 1.34. The van der Waals surface area contributed by atoms with Crippen LogP contribution in [-0.4, -0.2) is 29.6 Å². The van der Waals surface area contributed by atoms with Crippen molar-refractivity contribution >= 4 is 36.9 Å². The Morgan fingerprint density at radius 3 is 1.56 bits per heavy atom. The van der Waals surface area contributed by atoms with E-state index in [-0.39, 0.29) is 5.92 Å². The van der Waals surface area contributed by atoms with E-state index < -0.39 is 27.5 Å². The van der Waals surface area contributed by atoms with E-state index in [0.717, 1.165) is 11.5 Å². The van der Waals surface area contributed by atoms with Crippen molar-refractivity contribution in [3.05, 3.63) is 118 Å². The molecule has 0 radical (unpaired) electrons. The second-order valence-electron chi connectivity index (χ2n) is 14.9. The van der Waals surface area contributed by atoms with E-state index in [0.29, 0.717) is 13.5 Å². The van der Waals surface area contributed by atoms with Crippen molar-refractivity contribution in [3.8, 4) is 22.6 Å². The molecule has 5 aromatic rings. The minimum Gasteiger partial charge on any atom is -0.477 e. The lowest BCUT2D eigenvalue weighted by Gasteiger charge is -2.50. The molecule has 2 atom stereocenters. The van der Waals surface area contributed by atoms with Crippen LogP contribution in [0.25, 0.3) is 11.1 Å². The highest BCUT2D eigenvalue weighted by Crippen LogP contribution is 2.59. The van der Waals surface area contributed by atoms with Crippen LogP contribution in [0.1, 0.15) is 45.1 Å². The molecule has 12 rings (SSSR count). The quantitative estimate of drug-likeness (QED) is 0.201. The largest absolute Gasteiger partial charge is 0.477 e. The highest BCUT2D eigenvalue weighted by molar-refractivity contribution is 7.02. The summed E-state index contributed by atoms with van der Waals surface area (Å²) in [5, 5.41) is 14.1. The van der Waals surface area contributed by atoms with Crippen molar-refractivity contribution in [1.82, 2.24) is 10.6 Å². The fourth-order valence-electron chi connectivity index (χ4n) is 10.9. The lowest BCUT2D eigenvalue weighted by atomic mass is 9.72. The van der Waals surface area contributed by atoms with Crippen molar-refractivity contribution in [3.63, 3.8) is 0 Å². The average Bonchev–Trinajstić information content (AvgIpc) is 3.40. The molecule has 6 aliphatic heterocycles. The molecule has 4 aromatic carbocycles. The first kappa shape index (κ1) is 24.2. The highest BCUT2D eigenvalue weighted by Gasteiger charge is 2.72. The van der Waals surface area contributed by atoms with E-state index in [1.165, 1.54) is 60.7 Å². The monoisotopic (exact) mass is 620 g/mol. The molecule has 0 saturated heterocycles. The summed E-state index contributed by atoms with van der Waals surface area (Å²) in [6, 6.07) is 25.7. The standard InChI is InChI=1S/C37H32N4O2Si2/c1-44(2)24-10-5-8-22-31(24)36(38-18-42-22)33-26(44)14-12-20-21-13-15-27-34-29(21)30(28(20)33)35-40(36)16-7-17-41(35)37(34)32-23(43-19-39-37)9-6-11-25(32)45(27,3)4/h5-17,30,38-39H,18-19H2,1-4H3/q+2. The molecule has 1 aliphatic carbocycles. The first-order valence-corrected chi connectivity index (χ1v) is 22.2. The summed E-state index contributed by atoms with van der Waals surface area (Å²) >= 11 is 0. The number of hydrogen-bond donors (Lipinski definition) is 2. The van der Waals surface area contributed by atoms with Crippen LogP contribution >= 0.6 is 0 Å². The fourth-order valence-corrected chi connectivity index (χ4v) is 17.3. The molecule has 2 N–H and O–H groups in total. The van der Waals surface area contributed by atoms with E-state index in [2.05, 4.69) is 125 Å². The van der Waals surface area contributed by atoms with Crippen LogP contribution < -0.4 is 50.0 Å². The highest BCUT2D eigenvalue weighted by atomic mass is 28.3. The summed E-state index contributed by atoms with van der Waals surface area (Å²) in [4.78, 5) is 0. The minimum absolute atomic E-state index is 0.156. The zero-order chi connectivity index (χ0) is 29.8. The lowest BCUT2D eigenvalue weighted by molar-refractivity contribution is -0.886. The predicted octanol–water partition coefficient (Wildman–Crippen LogP) is 1.70. The van der Waals surface area contributed by atoms with Gasteiger partial charge in [-0.25, -0.2) is 10.6 Å². The molecule has 1 aromatic heterocycles. The number of nitrogens with zero attached hydrogens (tertiary/aromatic N) is 2. The van der Waals surface area contributed by atoms with E-state index in [1.807, 2.05) is 0 Å². The van der Waals surface area contributed by atoms with Gasteiger partial charge in [0.1, 0.15) is 41.1 Å². The molecule has 45 heavy (non-hydrogen) atoms. The molecule has 8 heteroatoms. The van der Waals surface area contributed by atoms with Crippen LogP contribution in [0, 0.1) is 0 Å². The summed E-state index contributed by atoms with van der Waals surface area (Å²) in [7, 11) is -4.14. The maximum Gasteiger partial charge on any atom is 0.434 e. The normalized spacial score (nSPS) is 27.4. The Kier molecular flexibility index (Phi) is 3.76. The van der Waals surface area contributed by atoms with Crippen molar-refractivity contribution in [2.45, 2.75) is 43.4 Å². The average molecular weight is 621 g/mol. The summed E-state index contributed by atoms with van der Waals surface area (Å²) in [6.45, 7) is 11.0. The zero-order valence-electron chi connectivity index (χ0n) is 25.7. The molecule has 2 unspecified atom stereocenters. The Labute approximate surface area is 263 Å². The van der Waals surface area contributed by atoms with Gasteiger partial charge in [-0.3, -0.25) is 0 Å². The van der Waals surface area contributed by atoms with Crippen LogP contribution in [0.3, 0.4) is 0 Å². The van der Waals surface area contributed by atoms with Gasteiger partial charge in [-0.1, -0.05) is 74.7 Å². The van der Waals surface area contributed by atoms with Crippen molar-refractivity contribution in [1.29, 1.82) is 0 Å². The van der Waals surface area contributed by atoms with Gasteiger partial charge in [0, 0.05) is 11.1 Å². The predicted molar refractivity (Wildman–Crippen MR) is 176 cm³/mol. The summed E-state index contributed by atoms with van der Waals surface area (Å²) in [6.07, 6.45) is 4.67. The number of aromatic nitrogens is 2. The molecule has 0 bridgehead atoms. The molecule has 0 fully saturated rings. The molecule has 0 amide bonds. The van der Waals surface area contributed by atoms with Gasteiger partial charge in [0.05, 0.1) is 17.2 Å². The first-order chi connectivity index (χ1) is 21.8. The number of fused-ring (bicyclic) bond motifs is 1. The SMILES string of the molecule is C[Si]1(C)c2cccc3c2C2(NCO3)c3c1ccc1c3C3c4c-1ccc1c4C4(NCOc5cccc(c54)[Si]1(C)C)[n+]1ccc[n+]2c13. The van der Waals surface area contributed by atoms with Crippen molar-refractivity contribution in [2.24, 2.45) is 0 Å². The van der Waals surface area contributed by atoms with E-state index >= 15 is 0 Å². The van der Waals surface area contributed by atoms with Crippen LogP contribution in [-0.2, 0) is 11.3 Å². The summed E-state index contributed by atoms with van der Waals surface area (Å²) in [5.41, 5.74) is 10.3. The first-order valence-electron chi connectivity index (χ1n) is 16.2. The molecule has 7 heterocycles. The van der Waals surface area contributed by atoms with Gasteiger partial charge >= 0.3 is 5.82 Å². The summed E-state index contributed by atoms with van der Waals surface area (Å²) < 4.78 is 18.1. The maximum atomic E-state index is 6.43. The van der Waals surface area contributed by atoms with E-state index in [9.17, 15) is 0 Å². The molecule has 218 valence electrons. The topological polar surface area (TPSA) is 50.3 Å². The third-order valence-electron chi connectivity index (χ3n) is 12.6. The van der Waals surface area contributed by atoms with Gasteiger partial charge in [-0.05, 0) is 55.1 Å².